The molecule has 122 valence electrons. The van der Waals surface area contributed by atoms with Crippen molar-refractivity contribution in [2.45, 2.75) is 30.1 Å². The molecule has 23 heavy (non-hydrogen) atoms. The summed E-state index contributed by atoms with van der Waals surface area (Å²) in [6, 6.07) is 20.4. The molecule has 1 aliphatic rings. The molecule has 0 aromatic heterocycles. The summed E-state index contributed by atoms with van der Waals surface area (Å²) in [5.74, 6) is -0.865. The van der Waals surface area contributed by atoms with Gasteiger partial charge in [0, 0.05) is 6.04 Å². The van der Waals surface area contributed by atoms with Gasteiger partial charge in [0.15, 0.2) is 0 Å². The smallest absolute Gasteiger partial charge is 0.321 e. The van der Waals surface area contributed by atoms with E-state index in [1.54, 1.807) is 12.1 Å². The van der Waals surface area contributed by atoms with E-state index in [1.807, 2.05) is 18.2 Å². The van der Waals surface area contributed by atoms with Crippen LogP contribution in [0.1, 0.15) is 41.3 Å². The second kappa shape index (κ2) is 9.48. The minimum absolute atomic E-state index is 0.594. The molecule has 2 aromatic rings. The lowest BCUT2D eigenvalue weighted by Gasteiger charge is -2.23. The van der Waals surface area contributed by atoms with E-state index in [0.717, 1.165) is 5.56 Å². The average molecular weight is 376 g/mol. The molecular weight excluding hydrogens is 354 g/mol. The quantitative estimate of drug-likeness (QED) is 0.763. The van der Waals surface area contributed by atoms with Gasteiger partial charge in [0.05, 0.1) is 0 Å². The molecule has 4 heteroatoms. The van der Waals surface area contributed by atoms with Crippen molar-refractivity contribution in [1.29, 1.82) is 0 Å². The predicted molar refractivity (Wildman–Crippen MR) is 96.8 cm³/mol. The van der Waals surface area contributed by atoms with Crippen LogP contribution in [-0.2, 0) is 4.79 Å². The van der Waals surface area contributed by atoms with Crippen LogP contribution in [0.3, 0.4) is 0 Å². The SMILES string of the molecule is O=C(O)C(Br)c1ccccc1.c1ccc(C2CCCCN2)cc1. The number of aliphatic carboxylic acids is 1. The number of carbonyl (C=O) groups is 1. The van der Waals surface area contributed by atoms with Gasteiger partial charge in [-0.2, -0.15) is 0 Å². The third kappa shape index (κ3) is 5.81. The Morgan fingerprint density at radius 1 is 1.04 bits per heavy atom. The number of piperidine rings is 1. The molecule has 1 saturated heterocycles. The molecule has 0 bridgehead atoms. The summed E-state index contributed by atoms with van der Waals surface area (Å²) in [5, 5.41) is 12.1. The zero-order chi connectivity index (χ0) is 16.5. The molecule has 1 aliphatic heterocycles. The second-order valence-electron chi connectivity index (χ2n) is 5.52. The first-order valence-electron chi connectivity index (χ1n) is 7.88. The Bertz CT molecular complexity index is 583. The van der Waals surface area contributed by atoms with Crippen LogP contribution >= 0.6 is 15.9 Å². The fourth-order valence-electron chi connectivity index (χ4n) is 2.59. The summed E-state index contributed by atoms with van der Waals surface area (Å²) >= 11 is 3.05. The van der Waals surface area contributed by atoms with Crippen LogP contribution in [0.5, 0.6) is 0 Å². The molecular formula is C19H22BrNO2. The molecule has 2 aromatic carbocycles. The van der Waals surface area contributed by atoms with Crippen molar-refractivity contribution in [3.8, 4) is 0 Å². The van der Waals surface area contributed by atoms with Gasteiger partial charge < -0.3 is 10.4 Å². The first kappa shape index (κ1) is 17.7. The van der Waals surface area contributed by atoms with Crippen molar-refractivity contribution in [3.63, 3.8) is 0 Å². The molecule has 0 amide bonds. The Hall–Kier alpha value is -1.65. The zero-order valence-corrected chi connectivity index (χ0v) is 14.6. The highest BCUT2D eigenvalue weighted by Crippen LogP contribution is 2.22. The van der Waals surface area contributed by atoms with E-state index in [4.69, 9.17) is 5.11 Å². The Morgan fingerprint density at radius 3 is 2.17 bits per heavy atom. The number of rotatable bonds is 3. The summed E-state index contributed by atoms with van der Waals surface area (Å²) in [5.41, 5.74) is 2.21. The molecule has 3 rings (SSSR count). The number of alkyl halides is 1. The molecule has 0 aliphatic carbocycles. The first-order valence-corrected chi connectivity index (χ1v) is 8.80. The normalized spacial score (nSPS) is 18.4. The Kier molecular flexibility index (Phi) is 7.30. The van der Waals surface area contributed by atoms with E-state index in [2.05, 4.69) is 51.6 Å². The van der Waals surface area contributed by atoms with Crippen molar-refractivity contribution >= 4 is 21.9 Å². The van der Waals surface area contributed by atoms with Crippen LogP contribution in [0.15, 0.2) is 60.7 Å². The van der Waals surface area contributed by atoms with Crippen molar-refractivity contribution in [1.82, 2.24) is 5.32 Å². The predicted octanol–water partition coefficient (Wildman–Crippen LogP) is 4.71. The van der Waals surface area contributed by atoms with Crippen LogP contribution in [0.25, 0.3) is 0 Å². The second-order valence-corrected chi connectivity index (χ2v) is 6.44. The van der Waals surface area contributed by atoms with Crippen LogP contribution < -0.4 is 5.32 Å². The summed E-state index contributed by atoms with van der Waals surface area (Å²) < 4.78 is 0. The van der Waals surface area contributed by atoms with Crippen LogP contribution in [-0.4, -0.2) is 17.6 Å². The van der Waals surface area contributed by atoms with Gasteiger partial charge in [-0.1, -0.05) is 83.0 Å². The largest absolute Gasteiger partial charge is 0.480 e. The molecule has 0 spiro atoms. The van der Waals surface area contributed by atoms with Gasteiger partial charge in [-0.3, -0.25) is 4.79 Å². The van der Waals surface area contributed by atoms with E-state index in [1.165, 1.54) is 31.4 Å². The third-order valence-electron chi connectivity index (χ3n) is 3.82. The van der Waals surface area contributed by atoms with E-state index in [0.29, 0.717) is 6.04 Å². The van der Waals surface area contributed by atoms with Gasteiger partial charge in [-0.05, 0) is 30.5 Å². The van der Waals surface area contributed by atoms with Gasteiger partial charge in [0.1, 0.15) is 4.83 Å². The molecule has 0 saturated carbocycles. The maximum absolute atomic E-state index is 10.5. The molecule has 2 unspecified atom stereocenters. The van der Waals surface area contributed by atoms with Crippen LogP contribution in [0, 0.1) is 0 Å². The lowest BCUT2D eigenvalue weighted by molar-refractivity contribution is -0.136. The Morgan fingerprint density at radius 2 is 1.65 bits per heavy atom. The van der Waals surface area contributed by atoms with E-state index < -0.39 is 10.8 Å². The summed E-state index contributed by atoms with van der Waals surface area (Å²) in [6.45, 7) is 1.18. The Labute approximate surface area is 145 Å². The average Bonchev–Trinajstić information content (AvgIpc) is 2.64. The fraction of sp³-hybridized carbons (Fsp3) is 0.316. The number of carboxylic acids is 1. The fourth-order valence-corrected chi connectivity index (χ4v) is 2.89. The summed E-state index contributed by atoms with van der Waals surface area (Å²) in [4.78, 5) is 9.86. The van der Waals surface area contributed by atoms with Gasteiger partial charge >= 0.3 is 5.97 Å². The number of carboxylic acid groups (broad SMARTS) is 1. The number of hydrogen-bond acceptors (Lipinski definition) is 2. The van der Waals surface area contributed by atoms with E-state index in [-0.39, 0.29) is 0 Å². The Balaban J connectivity index is 0.000000168. The highest BCUT2D eigenvalue weighted by Gasteiger charge is 2.14. The lowest BCUT2D eigenvalue weighted by atomic mass is 9.98. The van der Waals surface area contributed by atoms with Crippen molar-refractivity contribution in [2.75, 3.05) is 6.54 Å². The number of nitrogens with one attached hydrogen (secondary N) is 1. The van der Waals surface area contributed by atoms with E-state index in [9.17, 15) is 4.79 Å². The monoisotopic (exact) mass is 375 g/mol. The minimum Gasteiger partial charge on any atom is -0.480 e. The minimum atomic E-state index is -0.865. The van der Waals surface area contributed by atoms with Gasteiger partial charge in [0.2, 0.25) is 0 Å². The molecule has 3 nitrogen and oxygen atoms in total. The topological polar surface area (TPSA) is 49.3 Å². The van der Waals surface area contributed by atoms with Crippen molar-refractivity contribution in [2.24, 2.45) is 0 Å². The first-order chi connectivity index (χ1) is 11.2. The van der Waals surface area contributed by atoms with E-state index >= 15 is 0 Å². The van der Waals surface area contributed by atoms with Gasteiger partial charge in [-0.15, -0.1) is 0 Å². The van der Waals surface area contributed by atoms with Crippen molar-refractivity contribution < 1.29 is 9.90 Å². The summed E-state index contributed by atoms with van der Waals surface area (Å²) in [7, 11) is 0. The summed E-state index contributed by atoms with van der Waals surface area (Å²) in [6.07, 6.45) is 4.00. The highest BCUT2D eigenvalue weighted by molar-refractivity contribution is 9.09. The van der Waals surface area contributed by atoms with Crippen LogP contribution in [0.4, 0.5) is 0 Å². The standard InChI is InChI=1S/C11H15N.C8H7BrO2/c1-2-6-10(7-3-1)11-8-4-5-9-12-11;9-7(8(10)11)6-4-2-1-3-5-6/h1-3,6-7,11-12H,4-5,8-9H2;1-5,7H,(H,10,11). The molecule has 0 radical (unpaired) electrons. The molecule has 2 atom stereocenters. The number of hydrogen-bond donors (Lipinski definition) is 2. The third-order valence-corrected chi connectivity index (χ3v) is 4.74. The number of halogens is 1. The van der Waals surface area contributed by atoms with Crippen molar-refractivity contribution in [3.05, 3.63) is 71.8 Å². The maximum atomic E-state index is 10.5. The highest BCUT2D eigenvalue weighted by atomic mass is 79.9. The molecule has 1 heterocycles. The lowest BCUT2D eigenvalue weighted by Crippen LogP contribution is -2.26. The zero-order valence-electron chi connectivity index (χ0n) is 13.0. The van der Waals surface area contributed by atoms with Gasteiger partial charge in [0.25, 0.3) is 0 Å². The van der Waals surface area contributed by atoms with Gasteiger partial charge in [-0.25, -0.2) is 0 Å². The number of benzene rings is 2. The van der Waals surface area contributed by atoms with Crippen LogP contribution in [0.2, 0.25) is 0 Å². The maximum Gasteiger partial charge on any atom is 0.321 e. The molecule has 2 N–H and O–H groups in total. The molecule has 1 fully saturated rings.